The van der Waals surface area contributed by atoms with E-state index in [0.29, 0.717) is 17.3 Å². The fourth-order valence-electron chi connectivity index (χ4n) is 3.30. The molecule has 2 heterocycles. The first-order valence-corrected chi connectivity index (χ1v) is 10.4. The van der Waals surface area contributed by atoms with Gasteiger partial charge in [0.05, 0.1) is 22.3 Å². The normalized spacial score (nSPS) is 11.3. The van der Waals surface area contributed by atoms with Crippen LogP contribution in [0.5, 0.6) is 5.75 Å². The largest absolute Gasteiger partial charge is 0.484 e. The number of aromatic amines is 1. The Labute approximate surface area is 188 Å². The molecule has 0 unspecified atom stereocenters. The molecule has 0 bridgehead atoms. The van der Waals surface area contributed by atoms with Gasteiger partial charge >= 0.3 is 0 Å². The highest BCUT2D eigenvalue weighted by atomic mass is 35.5. The Bertz CT molecular complexity index is 1280. The maximum absolute atomic E-state index is 14.7. The Balaban J connectivity index is 1.51. The van der Waals surface area contributed by atoms with Crippen LogP contribution in [-0.2, 0) is 18.3 Å². The maximum Gasteiger partial charge on any atom is 0.258 e. The molecule has 32 heavy (non-hydrogen) atoms. The van der Waals surface area contributed by atoms with Crippen molar-refractivity contribution >= 4 is 28.4 Å². The Hall–Kier alpha value is -3.46. The molecule has 0 aliphatic carbocycles. The molecule has 4 aromatic rings. The number of aryl methyl sites for hydroxylation is 1. The molecule has 0 aliphatic rings. The van der Waals surface area contributed by atoms with Gasteiger partial charge in [0.2, 0.25) is 0 Å². The lowest BCUT2D eigenvalue weighted by Gasteiger charge is -2.10. The highest BCUT2D eigenvalue weighted by molar-refractivity contribution is 6.36. The van der Waals surface area contributed by atoms with Gasteiger partial charge in [0.15, 0.2) is 12.4 Å². The summed E-state index contributed by atoms with van der Waals surface area (Å²) in [5.41, 5.74) is 1.96. The first kappa shape index (κ1) is 21.8. The number of carbonyl (C=O) groups excluding carboxylic acids is 1. The van der Waals surface area contributed by atoms with Crippen LogP contribution < -0.4 is 10.1 Å². The molecule has 0 aliphatic heterocycles. The molecule has 1 amide bonds. The highest BCUT2D eigenvalue weighted by Gasteiger charge is 2.17. The van der Waals surface area contributed by atoms with Gasteiger partial charge in [-0.05, 0) is 37.6 Å². The summed E-state index contributed by atoms with van der Waals surface area (Å²) in [6.07, 6.45) is 2.10. The maximum atomic E-state index is 14.7. The number of benzene rings is 2. The molecule has 0 spiro atoms. The van der Waals surface area contributed by atoms with Crippen LogP contribution in [-0.4, -0.2) is 43.5 Å². The zero-order valence-electron chi connectivity index (χ0n) is 17.8. The molecule has 4 rings (SSSR count). The molecular formula is C22H22ClFN6O2. The summed E-state index contributed by atoms with van der Waals surface area (Å²) in [5.74, 6) is 0.329. The topological polar surface area (TPSA) is 97.7 Å². The quantitative estimate of drug-likeness (QED) is 0.442. The van der Waals surface area contributed by atoms with Crippen LogP contribution in [0.4, 0.5) is 4.39 Å². The lowest BCUT2D eigenvalue weighted by Crippen LogP contribution is -2.34. The van der Waals surface area contributed by atoms with Gasteiger partial charge in [-0.25, -0.2) is 9.37 Å². The van der Waals surface area contributed by atoms with E-state index in [4.69, 9.17) is 16.3 Å². The third kappa shape index (κ3) is 4.57. The molecule has 2 aromatic carbocycles. The summed E-state index contributed by atoms with van der Waals surface area (Å²) < 4.78 is 21.7. The van der Waals surface area contributed by atoms with E-state index in [1.807, 2.05) is 26.0 Å². The van der Waals surface area contributed by atoms with Crippen molar-refractivity contribution in [1.82, 2.24) is 30.3 Å². The number of carbonyl (C=O) groups is 1. The first-order chi connectivity index (χ1) is 15.3. The molecule has 10 heteroatoms. The number of rotatable bonds is 7. The average molecular weight is 457 g/mol. The molecule has 8 nitrogen and oxygen atoms in total. The number of hydrogen-bond donors (Lipinski definition) is 2. The van der Waals surface area contributed by atoms with E-state index in [9.17, 15) is 9.18 Å². The Morgan fingerprint density at radius 3 is 2.88 bits per heavy atom. The summed E-state index contributed by atoms with van der Waals surface area (Å²) in [6, 6.07) is 8.15. The minimum absolute atomic E-state index is 0.00567. The predicted octanol–water partition coefficient (Wildman–Crippen LogP) is 3.65. The van der Waals surface area contributed by atoms with Crippen LogP contribution in [0.25, 0.3) is 22.3 Å². The van der Waals surface area contributed by atoms with Crippen molar-refractivity contribution in [3.05, 3.63) is 58.8 Å². The fourth-order valence-corrected chi connectivity index (χ4v) is 3.58. The molecular weight excluding hydrogens is 435 g/mol. The number of halogens is 2. The Morgan fingerprint density at radius 1 is 1.31 bits per heavy atom. The van der Waals surface area contributed by atoms with E-state index in [1.165, 1.54) is 12.1 Å². The van der Waals surface area contributed by atoms with Gasteiger partial charge in [-0.2, -0.15) is 10.2 Å². The van der Waals surface area contributed by atoms with Crippen LogP contribution in [0.2, 0.25) is 5.02 Å². The second-order valence-corrected chi connectivity index (χ2v) is 8.05. The second-order valence-electron chi connectivity index (χ2n) is 7.67. The first-order valence-electron chi connectivity index (χ1n) is 10.0. The van der Waals surface area contributed by atoms with Gasteiger partial charge in [0.25, 0.3) is 5.91 Å². The smallest absolute Gasteiger partial charge is 0.258 e. The molecule has 0 saturated carbocycles. The monoisotopic (exact) mass is 456 g/mol. The number of ether oxygens (including phenoxy) is 1. The molecule has 0 fully saturated rings. The van der Waals surface area contributed by atoms with Crippen molar-refractivity contribution in [1.29, 1.82) is 0 Å². The number of amides is 1. The van der Waals surface area contributed by atoms with Crippen molar-refractivity contribution in [3.63, 3.8) is 0 Å². The average Bonchev–Trinajstić information content (AvgIpc) is 3.35. The van der Waals surface area contributed by atoms with E-state index in [1.54, 1.807) is 24.0 Å². The van der Waals surface area contributed by atoms with Crippen molar-refractivity contribution in [2.45, 2.75) is 26.3 Å². The van der Waals surface area contributed by atoms with E-state index in [-0.39, 0.29) is 35.7 Å². The molecule has 2 aromatic heterocycles. The molecule has 0 saturated heterocycles. The van der Waals surface area contributed by atoms with E-state index < -0.39 is 5.82 Å². The number of fused-ring (bicyclic) bond motifs is 1. The van der Waals surface area contributed by atoms with Gasteiger partial charge in [-0.1, -0.05) is 17.7 Å². The van der Waals surface area contributed by atoms with E-state index in [2.05, 4.69) is 25.6 Å². The van der Waals surface area contributed by atoms with Gasteiger partial charge in [0, 0.05) is 31.0 Å². The lowest BCUT2D eigenvalue weighted by molar-refractivity contribution is -0.123. The number of hydrogen-bond acceptors (Lipinski definition) is 5. The SMILES string of the molecule is CC(C)NC(=O)COc1ccc(-c2nc(Cc3ccc4[nH]ncc4c3Cl)n(C)n2)c(F)c1. The van der Waals surface area contributed by atoms with Gasteiger partial charge in [0.1, 0.15) is 17.4 Å². The Kier molecular flexibility index (Phi) is 6.09. The highest BCUT2D eigenvalue weighted by Crippen LogP contribution is 2.29. The second kappa shape index (κ2) is 8.96. The van der Waals surface area contributed by atoms with Crippen molar-refractivity contribution < 1.29 is 13.9 Å². The van der Waals surface area contributed by atoms with Crippen LogP contribution in [0.1, 0.15) is 25.2 Å². The van der Waals surface area contributed by atoms with Crippen LogP contribution in [0.3, 0.4) is 0 Å². The van der Waals surface area contributed by atoms with Crippen molar-refractivity contribution in [2.24, 2.45) is 7.05 Å². The van der Waals surface area contributed by atoms with E-state index >= 15 is 0 Å². The summed E-state index contributed by atoms with van der Waals surface area (Å²) in [7, 11) is 1.75. The zero-order valence-corrected chi connectivity index (χ0v) is 18.6. The molecule has 2 N–H and O–H groups in total. The number of nitrogens with zero attached hydrogens (tertiary/aromatic N) is 4. The molecule has 0 radical (unpaired) electrons. The number of H-pyrrole nitrogens is 1. The summed E-state index contributed by atoms with van der Waals surface area (Å²) >= 11 is 6.51. The van der Waals surface area contributed by atoms with Crippen molar-refractivity contribution in [3.8, 4) is 17.1 Å². The van der Waals surface area contributed by atoms with E-state index in [0.717, 1.165) is 16.5 Å². The minimum Gasteiger partial charge on any atom is -0.484 e. The lowest BCUT2D eigenvalue weighted by atomic mass is 10.1. The predicted molar refractivity (Wildman–Crippen MR) is 119 cm³/mol. The van der Waals surface area contributed by atoms with Crippen LogP contribution in [0, 0.1) is 5.82 Å². The number of nitrogens with one attached hydrogen (secondary N) is 2. The van der Waals surface area contributed by atoms with Gasteiger partial charge in [-0.3, -0.25) is 14.6 Å². The third-order valence-electron chi connectivity index (χ3n) is 4.84. The van der Waals surface area contributed by atoms with Gasteiger partial charge in [-0.15, -0.1) is 0 Å². The zero-order chi connectivity index (χ0) is 22.8. The number of aromatic nitrogens is 5. The van der Waals surface area contributed by atoms with Crippen LogP contribution >= 0.6 is 11.6 Å². The van der Waals surface area contributed by atoms with Crippen molar-refractivity contribution in [2.75, 3.05) is 6.61 Å². The molecule has 166 valence electrons. The minimum atomic E-state index is -0.540. The standard InChI is InChI=1S/C22H22ClFN6O2/c1-12(2)26-20(31)11-32-14-5-6-15(17(24)9-14)22-27-19(30(3)29-22)8-13-4-7-18-16(21(13)23)10-25-28-18/h4-7,9-10,12H,8,11H2,1-3H3,(H,25,28)(H,26,31). The summed E-state index contributed by atoms with van der Waals surface area (Å²) in [6.45, 7) is 3.51. The van der Waals surface area contributed by atoms with Gasteiger partial charge < -0.3 is 10.1 Å². The fraction of sp³-hybridized carbons (Fsp3) is 0.273. The summed E-state index contributed by atoms with van der Waals surface area (Å²) in [5, 5.41) is 15.4. The molecule has 0 atom stereocenters. The third-order valence-corrected chi connectivity index (χ3v) is 5.29. The van der Waals surface area contributed by atoms with Crippen LogP contribution in [0.15, 0.2) is 36.5 Å². The Morgan fingerprint density at radius 2 is 2.12 bits per heavy atom. The summed E-state index contributed by atoms with van der Waals surface area (Å²) in [4.78, 5) is 16.2.